The minimum atomic E-state index is -4.39. The van der Waals surface area contributed by atoms with Gasteiger partial charge in [0, 0.05) is 18.4 Å². The van der Waals surface area contributed by atoms with Crippen LogP contribution >= 0.6 is 0 Å². The summed E-state index contributed by atoms with van der Waals surface area (Å²) in [5, 5.41) is 2.72. The van der Waals surface area contributed by atoms with Crippen molar-refractivity contribution >= 4 is 5.91 Å². The summed E-state index contributed by atoms with van der Waals surface area (Å²) in [6, 6.07) is 8.52. The lowest BCUT2D eigenvalue weighted by molar-refractivity contribution is -0.138. The largest absolute Gasteiger partial charge is 0.416 e. The predicted molar refractivity (Wildman–Crippen MR) is 80.7 cm³/mol. The van der Waals surface area contributed by atoms with Gasteiger partial charge >= 0.3 is 6.18 Å². The van der Waals surface area contributed by atoms with E-state index in [-0.39, 0.29) is 24.3 Å². The number of nitrogens with one attached hydrogen (secondary N) is 1. The topological polar surface area (TPSA) is 42.0 Å². The summed E-state index contributed by atoms with van der Waals surface area (Å²) in [5.74, 6) is -0.241. The van der Waals surface area contributed by atoms with Gasteiger partial charge in [-0.3, -0.25) is 9.78 Å². The summed E-state index contributed by atoms with van der Waals surface area (Å²) in [6.07, 6.45) is -0.926. The number of amides is 1. The van der Waals surface area contributed by atoms with E-state index in [0.29, 0.717) is 0 Å². The lowest BCUT2D eigenvalue weighted by atomic mass is 10.0. The predicted octanol–water partition coefficient (Wildman–Crippen LogP) is 3.39. The number of rotatable bonds is 5. The molecule has 0 aliphatic rings. The average Bonchev–Trinajstić information content (AvgIpc) is 2.47. The number of aromatic nitrogens is 1. The number of carbonyl (C=O) groups excluding carboxylic acids is 1. The second kappa shape index (κ2) is 7.26. The average molecular weight is 322 g/mol. The second-order valence-electron chi connectivity index (χ2n) is 5.37. The van der Waals surface area contributed by atoms with E-state index in [2.05, 4.69) is 10.3 Å². The van der Waals surface area contributed by atoms with Gasteiger partial charge < -0.3 is 5.32 Å². The minimum Gasteiger partial charge on any atom is -0.353 e. The fourth-order valence-corrected chi connectivity index (χ4v) is 2.37. The molecule has 0 saturated heterocycles. The third-order valence-corrected chi connectivity index (χ3v) is 3.34. The summed E-state index contributed by atoms with van der Waals surface area (Å²) < 4.78 is 38.9. The highest BCUT2D eigenvalue weighted by Crippen LogP contribution is 2.32. The summed E-state index contributed by atoms with van der Waals surface area (Å²) in [4.78, 5) is 15.9. The SMILES string of the molecule is C[C@H](Cc1ccccc1C(F)(F)F)NC(=O)Cc1cccnc1. The molecule has 0 aliphatic heterocycles. The van der Waals surface area contributed by atoms with Gasteiger partial charge in [0.2, 0.25) is 5.91 Å². The molecule has 0 radical (unpaired) electrons. The van der Waals surface area contributed by atoms with E-state index in [4.69, 9.17) is 0 Å². The van der Waals surface area contributed by atoms with Gasteiger partial charge in [0.25, 0.3) is 0 Å². The number of benzene rings is 1. The Bertz CT molecular complexity index is 656. The maximum Gasteiger partial charge on any atom is 0.416 e. The smallest absolute Gasteiger partial charge is 0.353 e. The molecule has 23 heavy (non-hydrogen) atoms. The number of hydrogen-bond donors (Lipinski definition) is 1. The molecule has 1 heterocycles. The maximum atomic E-state index is 13.0. The highest BCUT2D eigenvalue weighted by atomic mass is 19.4. The highest BCUT2D eigenvalue weighted by Gasteiger charge is 2.33. The number of hydrogen-bond acceptors (Lipinski definition) is 2. The Morgan fingerprint density at radius 3 is 2.61 bits per heavy atom. The number of halogens is 3. The van der Waals surface area contributed by atoms with Crippen molar-refractivity contribution in [2.75, 3.05) is 0 Å². The van der Waals surface area contributed by atoms with Crippen LogP contribution in [0.3, 0.4) is 0 Å². The van der Waals surface area contributed by atoms with Gasteiger partial charge in [-0.25, -0.2) is 0 Å². The zero-order valence-electron chi connectivity index (χ0n) is 12.6. The van der Waals surface area contributed by atoms with Crippen molar-refractivity contribution in [2.24, 2.45) is 0 Å². The van der Waals surface area contributed by atoms with Gasteiger partial charge in [-0.15, -0.1) is 0 Å². The number of carbonyl (C=O) groups is 1. The first-order valence-electron chi connectivity index (χ1n) is 7.19. The first-order chi connectivity index (χ1) is 10.9. The Hall–Kier alpha value is -2.37. The van der Waals surface area contributed by atoms with E-state index in [1.54, 1.807) is 37.5 Å². The summed E-state index contributed by atoms with van der Waals surface area (Å²) in [6.45, 7) is 1.69. The molecule has 0 aliphatic carbocycles. The van der Waals surface area contributed by atoms with E-state index < -0.39 is 17.8 Å². The van der Waals surface area contributed by atoms with E-state index in [9.17, 15) is 18.0 Å². The molecule has 1 aromatic heterocycles. The van der Waals surface area contributed by atoms with Crippen LogP contribution < -0.4 is 5.32 Å². The molecule has 3 nitrogen and oxygen atoms in total. The Balaban J connectivity index is 1.97. The number of alkyl halides is 3. The van der Waals surface area contributed by atoms with Gasteiger partial charge in [0.05, 0.1) is 12.0 Å². The van der Waals surface area contributed by atoms with Gasteiger partial charge in [0.15, 0.2) is 0 Å². The Labute approximate surface area is 132 Å². The molecule has 122 valence electrons. The van der Waals surface area contributed by atoms with Crippen LogP contribution in [0.4, 0.5) is 13.2 Å². The van der Waals surface area contributed by atoms with Crippen molar-refractivity contribution in [3.05, 3.63) is 65.5 Å². The van der Waals surface area contributed by atoms with Crippen molar-refractivity contribution in [3.8, 4) is 0 Å². The molecule has 1 aromatic carbocycles. The Morgan fingerprint density at radius 1 is 1.22 bits per heavy atom. The minimum absolute atomic E-state index is 0.120. The molecular formula is C17H17F3N2O. The molecule has 1 amide bonds. The van der Waals surface area contributed by atoms with E-state index in [0.717, 1.165) is 11.6 Å². The summed E-state index contributed by atoms with van der Waals surface area (Å²) in [5.41, 5.74) is 0.274. The Kier molecular flexibility index (Phi) is 5.36. The molecule has 6 heteroatoms. The maximum absolute atomic E-state index is 13.0. The molecule has 0 unspecified atom stereocenters. The fourth-order valence-electron chi connectivity index (χ4n) is 2.37. The van der Waals surface area contributed by atoms with E-state index in [1.165, 1.54) is 12.1 Å². The summed E-state index contributed by atoms with van der Waals surface area (Å²) in [7, 11) is 0. The van der Waals surface area contributed by atoms with Crippen LogP contribution in [0.5, 0.6) is 0 Å². The zero-order valence-corrected chi connectivity index (χ0v) is 12.6. The van der Waals surface area contributed by atoms with Crippen molar-refractivity contribution in [3.63, 3.8) is 0 Å². The number of pyridine rings is 1. The van der Waals surface area contributed by atoms with Gasteiger partial charge in [0.1, 0.15) is 0 Å². The van der Waals surface area contributed by atoms with Gasteiger partial charge in [-0.2, -0.15) is 13.2 Å². The molecule has 1 atom stereocenters. The lowest BCUT2D eigenvalue weighted by Gasteiger charge is -2.17. The molecule has 0 spiro atoms. The molecule has 2 aromatic rings. The molecule has 0 bridgehead atoms. The molecule has 2 rings (SSSR count). The van der Waals surface area contributed by atoms with Crippen LogP contribution in [0, 0.1) is 0 Å². The van der Waals surface area contributed by atoms with Gasteiger partial charge in [-0.1, -0.05) is 24.3 Å². The van der Waals surface area contributed by atoms with Crippen LogP contribution in [0.2, 0.25) is 0 Å². The third-order valence-electron chi connectivity index (χ3n) is 3.34. The van der Waals surface area contributed by atoms with Crippen LogP contribution in [0.1, 0.15) is 23.6 Å². The molecular weight excluding hydrogens is 305 g/mol. The lowest BCUT2D eigenvalue weighted by Crippen LogP contribution is -2.35. The normalized spacial score (nSPS) is 12.7. The molecule has 0 fully saturated rings. The first-order valence-corrected chi connectivity index (χ1v) is 7.19. The van der Waals surface area contributed by atoms with E-state index >= 15 is 0 Å². The van der Waals surface area contributed by atoms with E-state index in [1.807, 2.05) is 0 Å². The van der Waals surface area contributed by atoms with Crippen LogP contribution in [0.25, 0.3) is 0 Å². The second-order valence-corrected chi connectivity index (χ2v) is 5.37. The number of nitrogens with zero attached hydrogens (tertiary/aromatic N) is 1. The Morgan fingerprint density at radius 2 is 1.96 bits per heavy atom. The quantitative estimate of drug-likeness (QED) is 0.917. The zero-order chi connectivity index (χ0) is 16.9. The van der Waals surface area contributed by atoms with Crippen molar-refractivity contribution in [2.45, 2.75) is 32.0 Å². The highest BCUT2D eigenvalue weighted by molar-refractivity contribution is 5.78. The van der Waals surface area contributed by atoms with Gasteiger partial charge in [-0.05, 0) is 36.6 Å². The van der Waals surface area contributed by atoms with Crippen molar-refractivity contribution in [1.82, 2.24) is 10.3 Å². The monoisotopic (exact) mass is 322 g/mol. The van der Waals surface area contributed by atoms with Crippen molar-refractivity contribution < 1.29 is 18.0 Å². The van der Waals surface area contributed by atoms with Crippen LogP contribution in [0.15, 0.2) is 48.8 Å². The standard InChI is InChI=1S/C17H17F3N2O/c1-12(22-16(23)10-13-5-4-8-21-11-13)9-14-6-2-3-7-15(14)17(18,19)20/h2-8,11-12H,9-10H2,1H3,(H,22,23)/t12-/m1/s1. The third kappa shape index (κ3) is 5.09. The summed E-state index contributed by atoms with van der Waals surface area (Å²) >= 11 is 0. The van der Waals surface area contributed by atoms with Crippen molar-refractivity contribution in [1.29, 1.82) is 0 Å². The van der Waals surface area contributed by atoms with Crippen LogP contribution in [-0.4, -0.2) is 16.9 Å². The molecule has 1 N–H and O–H groups in total. The first kappa shape index (κ1) is 17.0. The fraction of sp³-hybridized carbons (Fsp3) is 0.294. The molecule has 0 saturated carbocycles. The van der Waals surface area contributed by atoms with Crippen LogP contribution in [-0.2, 0) is 23.8 Å².